The largest absolute Gasteiger partial charge is 0.506 e. The second kappa shape index (κ2) is 5.02. The second-order valence-electron chi connectivity index (χ2n) is 4.84. The number of ketones is 1. The van der Waals surface area contributed by atoms with Gasteiger partial charge in [0.15, 0.2) is 5.78 Å². The van der Waals surface area contributed by atoms with Crippen LogP contribution in [0.2, 0.25) is 0 Å². The number of likely N-dealkylation sites (N-methyl/N-ethyl adjacent to an activating group) is 1. The summed E-state index contributed by atoms with van der Waals surface area (Å²) in [5, 5.41) is 21.9. The van der Waals surface area contributed by atoms with Crippen molar-refractivity contribution < 1.29 is 19.1 Å². The lowest BCUT2D eigenvalue weighted by atomic mass is 9.70. The Morgan fingerprint density at radius 2 is 2.19 bits per heavy atom. The molecule has 108 valence electrons. The molecule has 0 aliphatic heterocycles. The van der Waals surface area contributed by atoms with E-state index in [1.807, 2.05) is 6.07 Å². The number of Topliss-reactive ketones (excluding diaryl/α,β-unsaturated/α-hetero) is 1. The highest BCUT2D eigenvalue weighted by molar-refractivity contribution is 6.29. The summed E-state index contributed by atoms with van der Waals surface area (Å²) in [6.07, 6.45) is 0. The molecule has 5 nitrogen and oxygen atoms in total. The van der Waals surface area contributed by atoms with Gasteiger partial charge in [-0.25, -0.2) is 4.39 Å². The van der Waals surface area contributed by atoms with Crippen molar-refractivity contribution in [2.75, 3.05) is 6.54 Å². The van der Waals surface area contributed by atoms with Crippen molar-refractivity contribution in [2.45, 2.75) is 19.3 Å². The molecule has 0 unspecified atom stereocenters. The Balaban J connectivity index is 2.77. The van der Waals surface area contributed by atoms with Crippen LogP contribution in [-0.2, 0) is 15.0 Å². The highest BCUT2D eigenvalue weighted by atomic mass is 19.1. The molecule has 1 aliphatic carbocycles. The third kappa shape index (κ3) is 2.07. The van der Waals surface area contributed by atoms with Crippen LogP contribution in [0.15, 0.2) is 23.8 Å². The molecule has 2 rings (SSSR count). The van der Waals surface area contributed by atoms with E-state index in [1.165, 1.54) is 13.0 Å². The minimum absolute atomic E-state index is 0.0561. The van der Waals surface area contributed by atoms with Crippen LogP contribution in [0.5, 0.6) is 0 Å². The first-order chi connectivity index (χ1) is 9.86. The van der Waals surface area contributed by atoms with Gasteiger partial charge in [-0.1, -0.05) is 0 Å². The molecule has 1 amide bonds. The van der Waals surface area contributed by atoms with Gasteiger partial charge >= 0.3 is 0 Å². The second-order valence-corrected chi connectivity index (χ2v) is 4.84. The molecule has 0 spiro atoms. The molecule has 21 heavy (non-hydrogen) atoms. The molecule has 1 aromatic carbocycles. The molecule has 1 aromatic rings. The van der Waals surface area contributed by atoms with Gasteiger partial charge in [0, 0.05) is 12.1 Å². The summed E-state index contributed by atoms with van der Waals surface area (Å²) in [7, 11) is 0. The van der Waals surface area contributed by atoms with Crippen molar-refractivity contribution in [3.8, 4) is 6.07 Å². The zero-order chi connectivity index (χ0) is 15.8. The zero-order valence-electron chi connectivity index (χ0n) is 11.5. The quantitative estimate of drug-likeness (QED) is 0.809. The molecule has 0 aromatic heterocycles. The Kier molecular flexibility index (Phi) is 3.52. The minimum atomic E-state index is -1.72. The summed E-state index contributed by atoms with van der Waals surface area (Å²) in [5.41, 5.74) is -2.02. The van der Waals surface area contributed by atoms with Gasteiger partial charge in [0.2, 0.25) is 0 Å². The number of carbonyl (C=O) groups is 2. The Bertz CT molecular complexity index is 718. The summed E-state index contributed by atoms with van der Waals surface area (Å²) >= 11 is 0. The number of nitrogens with one attached hydrogen (secondary N) is 1. The van der Waals surface area contributed by atoms with Gasteiger partial charge in [0.25, 0.3) is 5.91 Å². The smallest absolute Gasteiger partial charge is 0.258 e. The summed E-state index contributed by atoms with van der Waals surface area (Å²) in [5.74, 6) is -2.76. The number of benzene rings is 1. The molecule has 6 heteroatoms. The first-order valence-electron chi connectivity index (χ1n) is 6.34. The molecule has 2 N–H and O–H groups in total. The summed E-state index contributed by atoms with van der Waals surface area (Å²) in [6, 6.07) is 5.19. The first kappa shape index (κ1) is 14.7. The molecule has 0 heterocycles. The summed E-state index contributed by atoms with van der Waals surface area (Å²) in [4.78, 5) is 24.4. The maximum absolute atomic E-state index is 13.4. The van der Waals surface area contributed by atoms with Crippen LogP contribution in [0.1, 0.15) is 25.0 Å². The van der Waals surface area contributed by atoms with Gasteiger partial charge in [0.05, 0.1) is 6.07 Å². The predicted octanol–water partition coefficient (Wildman–Crippen LogP) is 1.59. The van der Waals surface area contributed by atoms with Gasteiger partial charge in [-0.2, -0.15) is 5.26 Å². The van der Waals surface area contributed by atoms with Gasteiger partial charge in [0.1, 0.15) is 22.6 Å². The third-order valence-corrected chi connectivity index (χ3v) is 3.48. The van der Waals surface area contributed by atoms with E-state index >= 15 is 0 Å². The van der Waals surface area contributed by atoms with E-state index in [1.54, 1.807) is 6.92 Å². The van der Waals surface area contributed by atoms with Gasteiger partial charge in [-0.05, 0) is 37.6 Å². The fourth-order valence-corrected chi connectivity index (χ4v) is 2.32. The third-order valence-electron chi connectivity index (χ3n) is 3.48. The van der Waals surface area contributed by atoms with Crippen LogP contribution in [0.25, 0.3) is 5.76 Å². The maximum Gasteiger partial charge on any atom is 0.258 e. The van der Waals surface area contributed by atoms with E-state index in [2.05, 4.69) is 5.32 Å². The Hall–Kier alpha value is -2.68. The van der Waals surface area contributed by atoms with E-state index in [0.717, 1.165) is 12.1 Å². The zero-order valence-corrected chi connectivity index (χ0v) is 11.5. The topological polar surface area (TPSA) is 90.2 Å². The van der Waals surface area contributed by atoms with Crippen LogP contribution in [0.4, 0.5) is 4.39 Å². The average Bonchev–Trinajstić information content (AvgIpc) is 2.45. The van der Waals surface area contributed by atoms with Crippen LogP contribution in [0.3, 0.4) is 0 Å². The van der Waals surface area contributed by atoms with Crippen LogP contribution >= 0.6 is 0 Å². The van der Waals surface area contributed by atoms with Crippen molar-refractivity contribution in [1.29, 1.82) is 5.26 Å². The van der Waals surface area contributed by atoms with E-state index in [0.29, 0.717) is 0 Å². The average molecular weight is 288 g/mol. The number of hydrogen-bond donors (Lipinski definition) is 2. The highest BCUT2D eigenvalue weighted by Crippen LogP contribution is 2.39. The number of nitrogens with zero attached hydrogens (tertiary/aromatic N) is 1. The van der Waals surface area contributed by atoms with E-state index < -0.39 is 34.3 Å². The van der Waals surface area contributed by atoms with Gasteiger partial charge in [-0.3, -0.25) is 9.59 Å². The molecular formula is C15H13FN2O3. The van der Waals surface area contributed by atoms with Crippen LogP contribution in [0, 0.1) is 17.1 Å². The van der Waals surface area contributed by atoms with Crippen molar-refractivity contribution in [2.24, 2.45) is 0 Å². The first-order valence-corrected chi connectivity index (χ1v) is 6.34. The van der Waals surface area contributed by atoms with E-state index in [9.17, 15) is 24.3 Å². The summed E-state index contributed by atoms with van der Waals surface area (Å²) < 4.78 is 13.4. The lowest BCUT2D eigenvalue weighted by molar-refractivity contribution is -0.124. The van der Waals surface area contributed by atoms with Crippen molar-refractivity contribution >= 4 is 17.4 Å². The van der Waals surface area contributed by atoms with E-state index in [4.69, 9.17) is 0 Å². The number of amides is 1. The molecule has 0 saturated heterocycles. The number of hydrogen-bond acceptors (Lipinski definition) is 4. The van der Waals surface area contributed by atoms with Crippen molar-refractivity contribution in [3.63, 3.8) is 0 Å². The van der Waals surface area contributed by atoms with Crippen LogP contribution < -0.4 is 5.32 Å². The van der Waals surface area contributed by atoms with Crippen LogP contribution in [-0.4, -0.2) is 23.3 Å². The molecular weight excluding hydrogens is 275 g/mol. The van der Waals surface area contributed by atoms with Crippen molar-refractivity contribution in [1.82, 2.24) is 5.32 Å². The lowest BCUT2D eigenvalue weighted by Crippen LogP contribution is -2.42. The number of nitriles is 1. The highest BCUT2D eigenvalue weighted by Gasteiger charge is 2.47. The minimum Gasteiger partial charge on any atom is -0.506 e. The Morgan fingerprint density at radius 1 is 1.52 bits per heavy atom. The monoisotopic (exact) mass is 288 g/mol. The van der Waals surface area contributed by atoms with E-state index in [-0.39, 0.29) is 17.7 Å². The SMILES string of the molecule is CCNC(=O)C1=C(O)c2ccc(F)cc2[C@](C)(C#N)C1=O. The fourth-order valence-electron chi connectivity index (χ4n) is 2.32. The molecule has 0 saturated carbocycles. The predicted molar refractivity (Wildman–Crippen MR) is 72.6 cm³/mol. The van der Waals surface area contributed by atoms with Gasteiger partial charge < -0.3 is 10.4 Å². The molecule has 0 fully saturated rings. The lowest BCUT2D eigenvalue weighted by Gasteiger charge is -2.29. The number of aliphatic hydroxyl groups is 1. The number of aliphatic hydroxyl groups excluding tert-OH is 1. The number of fused-ring (bicyclic) bond motifs is 1. The number of rotatable bonds is 2. The molecule has 0 bridgehead atoms. The standard InChI is InChI=1S/C15H13FN2O3/c1-3-18-14(21)11-12(19)9-5-4-8(16)6-10(9)15(2,7-17)13(11)20/h4-6,19H,3H2,1-2H3,(H,18,21)/t15-/m0/s1. The van der Waals surface area contributed by atoms with Crippen molar-refractivity contribution in [3.05, 3.63) is 40.7 Å². The fraction of sp³-hybridized carbons (Fsp3) is 0.267. The normalized spacial score (nSPS) is 20.8. The van der Waals surface area contributed by atoms with Gasteiger partial charge in [-0.15, -0.1) is 0 Å². The Morgan fingerprint density at radius 3 is 2.76 bits per heavy atom. The molecule has 0 radical (unpaired) electrons. The molecule has 1 aliphatic rings. The number of halogens is 1. The Labute approximate surface area is 120 Å². The summed E-state index contributed by atoms with van der Waals surface area (Å²) in [6.45, 7) is 3.23. The molecule has 1 atom stereocenters. The maximum atomic E-state index is 13.4. The number of carbonyl (C=O) groups excluding carboxylic acids is 2.